The summed E-state index contributed by atoms with van der Waals surface area (Å²) in [4.78, 5) is 24.6. The fourth-order valence-electron chi connectivity index (χ4n) is 3.03. The van der Waals surface area contributed by atoms with Crippen molar-refractivity contribution >= 4 is 50.7 Å². The fraction of sp³-hybridized carbons (Fsp3) is 0.263. The van der Waals surface area contributed by atoms with E-state index in [1.54, 1.807) is 0 Å². The first kappa shape index (κ1) is 21.6. The predicted octanol–water partition coefficient (Wildman–Crippen LogP) is 3.39. The molecule has 1 aliphatic rings. The first-order chi connectivity index (χ1) is 13.7. The number of sulfonamides is 1. The van der Waals surface area contributed by atoms with Gasteiger partial charge in [-0.3, -0.25) is 9.59 Å². The molecule has 1 saturated heterocycles. The van der Waals surface area contributed by atoms with Gasteiger partial charge < -0.3 is 10.6 Å². The molecule has 1 fully saturated rings. The van der Waals surface area contributed by atoms with Gasteiger partial charge in [0.05, 0.1) is 26.1 Å². The largest absolute Gasteiger partial charge is 0.355 e. The van der Waals surface area contributed by atoms with E-state index in [4.69, 9.17) is 23.2 Å². The van der Waals surface area contributed by atoms with E-state index in [-0.39, 0.29) is 26.1 Å². The number of hydrogen-bond acceptors (Lipinski definition) is 4. The number of carbonyl (C=O) groups excluding carboxylic acids is 2. The van der Waals surface area contributed by atoms with E-state index in [0.717, 1.165) is 12.8 Å². The topological polar surface area (TPSA) is 95.6 Å². The molecule has 0 aliphatic carbocycles. The van der Waals surface area contributed by atoms with Crippen molar-refractivity contribution in [3.05, 3.63) is 57.6 Å². The highest BCUT2D eigenvalue weighted by Gasteiger charge is 2.28. The predicted molar refractivity (Wildman–Crippen MR) is 112 cm³/mol. The molecule has 2 aromatic carbocycles. The van der Waals surface area contributed by atoms with Gasteiger partial charge in [-0.15, -0.1) is 0 Å². The van der Waals surface area contributed by atoms with Crippen LogP contribution < -0.4 is 10.6 Å². The highest BCUT2D eigenvalue weighted by Crippen LogP contribution is 2.27. The van der Waals surface area contributed by atoms with Gasteiger partial charge in [-0.25, -0.2) is 8.42 Å². The van der Waals surface area contributed by atoms with E-state index in [1.165, 1.54) is 47.8 Å². The number of anilines is 1. The van der Waals surface area contributed by atoms with E-state index in [1.807, 2.05) is 0 Å². The molecule has 10 heteroatoms. The number of carbonyl (C=O) groups is 2. The summed E-state index contributed by atoms with van der Waals surface area (Å²) in [6.45, 7) is 0.916. The second-order valence-corrected chi connectivity index (χ2v) is 9.23. The Balaban J connectivity index is 1.89. The van der Waals surface area contributed by atoms with Gasteiger partial charge in [0.2, 0.25) is 10.0 Å². The second-order valence-electron chi connectivity index (χ2n) is 6.48. The van der Waals surface area contributed by atoms with Crippen LogP contribution in [0.2, 0.25) is 10.0 Å². The number of amides is 2. The number of nitrogens with zero attached hydrogens (tertiary/aromatic N) is 1. The Morgan fingerprint density at radius 3 is 2.14 bits per heavy atom. The molecule has 7 nitrogen and oxygen atoms in total. The Morgan fingerprint density at radius 1 is 0.931 bits per heavy atom. The van der Waals surface area contributed by atoms with Crippen LogP contribution in [0.25, 0.3) is 0 Å². The number of nitrogens with one attached hydrogen (secondary N) is 2. The van der Waals surface area contributed by atoms with Crippen LogP contribution in [0.5, 0.6) is 0 Å². The fourth-order valence-corrected chi connectivity index (χ4v) is 4.98. The molecule has 0 spiro atoms. The van der Waals surface area contributed by atoms with Crippen LogP contribution in [0.3, 0.4) is 0 Å². The van der Waals surface area contributed by atoms with Gasteiger partial charge in [0.15, 0.2) is 0 Å². The van der Waals surface area contributed by atoms with E-state index in [0.29, 0.717) is 18.8 Å². The van der Waals surface area contributed by atoms with Gasteiger partial charge in [0, 0.05) is 25.8 Å². The third-order valence-corrected chi connectivity index (χ3v) is 7.13. The highest BCUT2D eigenvalue weighted by atomic mass is 35.5. The Labute approximate surface area is 179 Å². The van der Waals surface area contributed by atoms with E-state index < -0.39 is 21.8 Å². The zero-order valence-electron chi connectivity index (χ0n) is 15.5. The lowest BCUT2D eigenvalue weighted by molar-refractivity contribution is 0.0961. The summed E-state index contributed by atoms with van der Waals surface area (Å²) in [5.74, 6) is -0.999. The summed E-state index contributed by atoms with van der Waals surface area (Å²) in [6, 6.07) is 8.48. The molecule has 2 aromatic rings. The molecule has 0 unspecified atom stereocenters. The molecule has 0 aromatic heterocycles. The molecular weight excluding hydrogens is 437 g/mol. The standard InChI is InChI=1S/C19H19Cl2N3O4S/c1-22-18(25)14-10-12(4-6-16(14)20)23-19(26)15-11-13(5-7-17(15)21)29(27,28)24-8-2-3-9-24/h4-7,10-11H,2-3,8-9H2,1H3,(H,22,25)(H,23,26). The Bertz CT molecular complexity index is 1070. The van der Waals surface area contributed by atoms with Crippen LogP contribution in [0.15, 0.2) is 41.3 Å². The van der Waals surface area contributed by atoms with Gasteiger partial charge in [-0.05, 0) is 49.2 Å². The van der Waals surface area contributed by atoms with Crippen molar-refractivity contribution in [1.29, 1.82) is 0 Å². The van der Waals surface area contributed by atoms with Crippen LogP contribution in [-0.2, 0) is 10.0 Å². The molecule has 3 rings (SSSR count). The van der Waals surface area contributed by atoms with Crippen molar-refractivity contribution in [3.63, 3.8) is 0 Å². The third-order valence-electron chi connectivity index (χ3n) is 4.58. The van der Waals surface area contributed by atoms with Crippen LogP contribution >= 0.6 is 23.2 Å². The molecule has 2 N–H and O–H groups in total. The van der Waals surface area contributed by atoms with Crippen molar-refractivity contribution in [2.24, 2.45) is 0 Å². The number of hydrogen-bond donors (Lipinski definition) is 2. The lowest BCUT2D eigenvalue weighted by Gasteiger charge is -2.16. The molecule has 0 radical (unpaired) electrons. The maximum absolute atomic E-state index is 12.8. The molecule has 2 amide bonds. The van der Waals surface area contributed by atoms with Gasteiger partial charge in [-0.2, -0.15) is 4.31 Å². The van der Waals surface area contributed by atoms with Crippen molar-refractivity contribution in [3.8, 4) is 0 Å². The summed E-state index contributed by atoms with van der Waals surface area (Å²) in [5.41, 5.74) is 0.536. The summed E-state index contributed by atoms with van der Waals surface area (Å²) < 4.78 is 26.9. The zero-order chi connectivity index (χ0) is 21.2. The normalized spacial score (nSPS) is 14.6. The average molecular weight is 456 g/mol. The van der Waals surface area contributed by atoms with Crippen molar-refractivity contribution in [1.82, 2.24) is 9.62 Å². The number of benzene rings is 2. The van der Waals surface area contributed by atoms with Gasteiger partial charge in [0.25, 0.3) is 11.8 Å². The minimum atomic E-state index is -3.69. The first-order valence-corrected chi connectivity index (χ1v) is 11.1. The molecule has 0 bridgehead atoms. The van der Waals surface area contributed by atoms with Crippen LogP contribution in [0.4, 0.5) is 5.69 Å². The molecule has 1 heterocycles. The maximum atomic E-state index is 12.8. The Hall–Kier alpha value is -2.13. The SMILES string of the molecule is CNC(=O)c1cc(NC(=O)c2cc(S(=O)(=O)N3CCCC3)ccc2Cl)ccc1Cl. The molecule has 1 aliphatic heterocycles. The molecule has 0 atom stereocenters. The number of rotatable bonds is 5. The van der Waals surface area contributed by atoms with Gasteiger partial charge in [0.1, 0.15) is 0 Å². The molecule has 0 saturated carbocycles. The van der Waals surface area contributed by atoms with Crippen LogP contribution in [0.1, 0.15) is 33.6 Å². The molecular formula is C19H19Cl2N3O4S. The summed E-state index contributed by atoms with van der Waals surface area (Å²) >= 11 is 12.2. The molecule has 154 valence electrons. The van der Waals surface area contributed by atoms with E-state index in [2.05, 4.69) is 10.6 Å². The third kappa shape index (κ3) is 4.56. The van der Waals surface area contributed by atoms with Crippen molar-refractivity contribution in [2.75, 3.05) is 25.5 Å². The first-order valence-electron chi connectivity index (χ1n) is 8.86. The summed E-state index contributed by atoms with van der Waals surface area (Å²) in [7, 11) is -2.22. The quantitative estimate of drug-likeness (QED) is 0.721. The van der Waals surface area contributed by atoms with Crippen LogP contribution in [-0.4, -0.2) is 44.7 Å². The summed E-state index contributed by atoms with van der Waals surface area (Å²) in [6.07, 6.45) is 1.62. The molecule has 29 heavy (non-hydrogen) atoms. The Morgan fingerprint density at radius 2 is 1.52 bits per heavy atom. The maximum Gasteiger partial charge on any atom is 0.257 e. The minimum absolute atomic E-state index is 0.0103. The average Bonchev–Trinajstić information content (AvgIpc) is 3.24. The van der Waals surface area contributed by atoms with Gasteiger partial charge >= 0.3 is 0 Å². The smallest absolute Gasteiger partial charge is 0.257 e. The lowest BCUT2D eigenvalue weighted by Crippen LogP contribution is -2.28. The van der Waals surface area contributed by atoms with E-state index >= 15 is 0 Å². The zero-order valence-corrected chi connectivity index (χ0v) is 17.9. The number of halogens is 2. The van der Waals surface area contributed by atoms with Crippen LogP contribution in [0, 0.1) is 0 Å². The van der Waals surface area contributed by atoms with E-state index in [9.17, 15) is 18.0 Å². The second kappa shape index (κ2) is 8.71. The monoisotopic (exact) mass is 455 g/mol. The van der Waals surface area contributed by atoms with Crippen molar-refractivity contribution in [2.45, 2.75) is 17.7 Å². The van der Waals surface area contributed by atoms with Gasteiger partial charge in [-0.1, -0.05) is 23.2 Å². The van der Waals surface area contributed by atoms with Crippen molar-refractivity contribution < 1.29 is 18.0 Å². The Kier molecular flexibility index (Phi) is 6.48. The minimum Gasteiger partial charge on any atom is -0.355 e. The summed E-state index contributed by atoms with van der Waals surface area (Å²) in [5, 5.41) is 5.44. The highest BCUT2D eigenvalue weighted by molar-refractivity contribution is 7.89. The lowest BCUT2D eigenvalue weighted by atomic mass is 10.1.